The van der Waals surface area contributed by atoms with Crippen LogP contribution in [-0.2, 0) is 0 Å². The Kier molecular flexibility index (Phi) is 3.59. The Bertz CT molecular complexity index is 745. The van der Waals surface area contributed by atoms with E-state index in [1.165, 1.54) is 18.2 Å². The highest BCUT2D eigenvalue weighted by atomic mass is 19.4. The van der Waals surface area contributed by atoms with Crippen LogP contribution in [0.15, 0.2) is 28.7 Å². The minimum absolute atomic E-state index is 0.0698. The maximum atomic E-state index is 13.6. The highest BCUT2D eigenvalue weighted by Gasteiger charge is 2.55. The van der Waals surface area contributed by atoms with Gasteiger partial charge in [0.15, 0.2) is 22.8 Å². The summed E-state index contributed by atoms with van der Waals surface area (Å²) in [4.78, 5) is 13.5. The Balaban J connectivity index is 1.78. The van der Waals surface area contributed by atoms with E-state index in [-0.39, 0.29) is 24.4 Å². The van der Waals surface area contributed by atoms with E-state index < -0.39 is 36.3 Å². The van der Waals surface area contributed by atoms with Crippen LogP contribution in [0, 0.1) is 5.82 Å². The SMILES string of the molecule is O=C(c1cc2cccc(F)c2o1)N1CCC(O)(C(F)(F)F)CC1. The number of amides is 1. The van der Waals surface area contributed by atoms with Crippen molar-refractivity contribution in [1.82, 2.24) is 4.90 Å². The monoisotopic (exact) mass is 331 g/mol. The van der Waals surface area contributed by atoms with Gasteiger partial charge in [0.05, 0.1) is 0 Å². The predicted octanol–water partition coefficient (Wildman–Crippen LogP) is 3.10. The quantitative estimate of drug-likeness (QED) is 0.817. The van der Waals surface area contributed by atoms with Gasteiger partial charge in [-0.15, -0.1) is 0 Å². The lowest BCUT2D eigenvalue weighted by atomic mass is 9.90. The molecule has 1 saturated heterocycles. The number of para-hydroxylation sites is 1. The number of fused-ring (bicyclic) bond motifs is 1. The van der Waals surface area contributed by atoms with Gasteiger partial charge >= 0.3 is 6.18 Å². The smallest absolute Gasteiger partial charge is 0.417 e. The standard InChI is InChI=1S/C15H13F4NO3/c16-10-3-1-2-9-8-11(23-12(9)10)13(21)20-6-4-14(22,5-7-20)15(17,18)19/h1-3,8,22H,4-7H2. The van der Waals surface area contributed by atoms with Crippen LogP contribution in [0.3, 0.4) is 0 Å². The van der Waals surface area contributed by atoms with Gasteiger partial charge in [-0.2, -0.15) is 13.2 Å². The van der Waals surface area contributed by atoms with E-state index in [2.05, 4.69) is 0 Å². The largest absolute Gasteiger partial charge is 0.448 e. The number of carbonyl (C=O) groups excluding carboxylic acids is 1. The van der Waals surface area contributed by atoms with E-state index in [1.54, 1.807) is 6.07 Å². The Labute approximate surface area is 128 Å². The molecule has 0 saturated carbocycles. The van der Waals surface area contributed by atoms with Crippen molar-refractivity contribution in [2.75, 3.05) is 13.1 Å². The molecule has 124 valence electrons. The first-order chi connectivity index (χ1) is 10.7. The van der Waals surface area contributed by atoms with Crippen LogP contribution in [-0.4, -0.2) is 40.8 Å². The molecule has 0 aliphatic carbocycles. The van der Waals surface area contributed by atoms with Gasteiger partial charge in [-0.3, -0.25) is 4.79 Å². The summed E-state index contributed by atoms with van der Waals surface area (Å²) in [5.41, 5.74) is -2.84. The van der Waals surface area contributed by atoms with E-state index in [4.69, 9.17) is 4.42 Å². The fourth-order valence-electron chi connectivity index (χ4n) is 2.65. The molecule has 1 aliphatic rings. The molecule has 0 spiro atoms. The third kappa shape index (κ3) is 2.67. The molecule has 3 rings (SSSR count). The molecule has 1 aromatic heterocycles. The number of nitrogens with zero attached hydrogens (tertiary/aromatic N) is 1. The second kappa shape index (κ2) is 5.23. The summed E-state index contributed by atoms with van der Waals surface area (Å²) >= 11 is 0. The summed E-state index contributed by atoms with van der Waals surface area (Å²) in [5, 5.41) is 9.99. The van der Waals surface area contributed by atoms with Crippen LogP contribution in [0.5, 0.6) is 0 Å². The summed E-state index contributed by atoms with van der Waals surface area (Å²) in [7, 11) is 0. The minimum Gasteiger partial charge on any atom is -0.448 e. The number of likely N-dealkylation sites (tertiary alicyclic amines) is 1. The van der Waals surface area contributed by atoms with Crippen molar-refractivity contribution in [2.45, 2.75) is 24.6 Å². The highest BCUT2D eigenvalue weighted by molar-refractivity contribution is 5.96. The molecule has 1 fully saturated rings. The number of alkyl halides is 3. The van der Waals surface area contributed by atoms with E-state index in [0.29, 0.717) is 5.39 Å². The molecule has 1 N–H and O–H groups in total. The molecule has 0 radical (unpaired) electrons. The Morgan fingerprint density at radius 2 is 1.91 bits per heavy atom. The number of rotatable bonds is 1. The lowest BCUT2D eigenvalue weighted by Crippen LogP contribution is -2.54. The van der Waals surface area contributed by atoms with Crippen molar-refractivity contribution >= 4 is 16.9 Å². The maximum Gasteiger partial charge on any atom is 0.417 e. The number of aliphatic hydroxyl groups is 1. The van der Waals surface area contributed by atoms with Crippen molar-refractivity contribution in [3.05, 3.63) is 35.8 Å². The number of furan rings is 1. The van der Waals surface area contributed by atoms with Crippen molar-refractivity contribution in [3.8, 4) is 0 Å². The van der Waals surface area contributed by atoms with Gasteiger partial charge < -0.3 is 14.4 Å². The average Bonchev–Trinajstić information content (AvgIpc) is 2.92. The van der Waals surface area contributed by atoms with Crippen LogP contribution in [0.2, 0.25) is 0 Å². The van der Waals surface area contributed by atoms with Crippen LogP contribution in [0.4, 0.5) is 17.6 Å². The van der Waals surface area contributed by atoms with Crippen molar-refractivity contribution in [2.24, 2.45) is 0 Å². The maximum absolute atomic E-state index is 13.6. The molecule has 1 aliphatic heterocycles. The van der Waals surface area contributed by atoms with Crippen molar-refractivity contribution in [3.63, 3.8) is 0 Å². The van der Waals surface area contributed by atoms with Crippen LogP contribution >= 0.6 is 0 Å². The zero-order valence-electron chi connectivity index (χ0n) is 11.9. The zero-order valence-corrected chi connectivity index (χ0v) is 11.9. The Morgan fingerprint density at radius 3 is 2.48 bits per heavy atom. The van der Waals surface area contributed by atoms with Gasteiger partial charge in [0.2, 0.25) is 0 Å². The molecule has 0 atom stereocenters. The highest BCUT2D eigenvalue weighted by Crippen LogP contribution is 2.38. The molecule has 2 heterocycles. The Hall–Kier alpha value is -2.09. The van der Waals surface area contributed by atoms with Crippen LogP contribution in [0.25, 0.3) is 11.0 Å². The number of piperidine rings is 1. The lowest BCUT2D eigenvalue weighted by Gasteiger charge is -2.38. The zero-order chi connectivity index (χ0) is 16.8. The molecule has 8 heteroatoms. The van der Waals surface area contributed by atoms with Gasteiger partial charge in [0.1, 0.15) is 0 Å². The summed E-state index contributed by atoms with van der Waals surface area (Å²) in [6, 6.07) is 5.57. The van der Waals surface area contributed by atoms with Gasteiger partial charge in [0.25, 0.3) is 5.91 Å². The van der Waals surface area contributed by atoms with Crippen molar-refractivity contribution < 1.29 is 31.9 Å². The normalized spacial score (nSPS) is 18.4. The van der Waals surface area contributed by atoms with E-state index >= 15 is 0 Å². The molecule has 1 aromatic carbocycles. The number of hydrogen-bond donors (Lipinski definition) is 1. The molecule has 23 heavy (non-hydrogen) atoms. The second-order valence-electron chi connectivity index (χ2n) is 5.59. The molecule has 2 aromatic rings. The fraction of sp³-hybridized carbons (Fsp3) is 0.400. The molecule has 4 nitrogen and oxygen atoms in total. The van der Waals surface area contributed by atoms with Crippen LogP contribution in [0.1, 0.15) is 23.4 Å². The number of hydrogen-bond acceptors (Lipinski definition) is 3. The molecule has 0 bridgehead atoms. The van der Waals surface area contributed by atoms with E-state index in [9.17, 15) is 27.5 Å². The average molecular weight is 331 g/mol. The first-order valence-electron chi connectivity index (χ1n) is 6.98. The fourth-order valence-corrected chi connectivity index (χ4v) is 2.65. The van der Waals surface area contributed by atoms with Gasteiger partial charge in [-0.05, 0) is 12.1 Å². The summed E-state index contributed by atoms with van der Waals surface area (Å²) in [5.74, 6) is -1.38. The molecule has 1 amide bonds. The number of benzene rings is 1. The predicted molar refractivity (Wildman–Crippen MR) is 72.3 cm³/mol. The van der Waals surface area contributed by atoms with E-state index in [0.717, 1.165) is 4.90 Å². The first kappa shape index (κ1) is 15.8. The summed E-state index contributed by atoms with van der Waals surface area (Å²) < 4.78 is 57.0. The minimum atomic E-state index is -4.73. The first-order valence-corrected chi connectivity index (χ1v) is 6.98. The summed E-state index contributed by atoms with van der Waals surface area (Å²) in [6.45, 7) is -0.511. The molecular formula is C15H13F4NO3. The second-order valence-corrected chi connectivity index (χ2v) is 5.59. The van der Waals surface area contributed by atoms with Gasteiger partial charge in [-0.1, -0.05) is 12.1 Å². The third-order valence-electron chi connectivity index (χ3n) is 4.11. The Morgan fingerprint density at radius 1 is 1.26 bits per heavy atom. The van der Waals surface area contributed by atoms with E-state index in [1.807, 2.05) is 0 Å². The van der Waals surface area contributed by atoms with Crippen molar-refractivity contribution in [1.29, 1.82) is 0 Å². The summed E-state index contributed by atoms with van der Waals surface area (Å²) in [6.07, 6.45) is -5.93. The number of halogens is 4. The lowest BCUT2D eigenvalue weighted by molar-refractivity contribution is -0.271. The number of carbonyl (C=O) groups is 1. The molecule has 0 unspecified atom stereocenters. The van der Waals surface area contributed by atoms with Crippen LogP contribution < -0.4 is 0 Å². The topological polar surface area (TPSA) is 53.7 Å². The van der Waals surface area contributed by atoms with Gasteiger partial charge in [0, 0.05) is 31.3 Å². The van der Waals surface area contributed by atoms with Gasteiger partial charge in [-0.25, -0.2) is 4.39 Å². The third-order valence-corrected chi connectivity index (χ3v) is 4.11. The molecular weight excluding hydrogens is 318 g/mol.